The maximum absolute atomic E-state index is 12.5. The average Bonchev–Trinajstić information content (AvgIpc) is 2.62. The zero-order chi connectivity index (χ0) is 16.1. The minimum Gasteiger partial charge on any atom is -0.368 e. The van der Waals surface area contributed by atoms with Gasteiger partial charge in [0.2, 0.25) is 0 Å². The number of rotatable bonds is 5. The molecule has 4 nitrogen and oxygen atoms in total. The molecule has 4 heteroatoms. The third-order valence-corrected chi connectivity index (χ3v) is 4.78. The number of ether oxygens (including phenoxy) is 1. The van der Waals surface area contributed by atoms with Crippen LogP contribution in [0.1, 0.15) is 18.4 Å². The van der Waals surface area contributed by atoms with Crippen LogP contribution in [0.4, 0.5) is 0 Å². The molecule has 0 bridgehead atoms. The monoisotopic (exact) mass is 312 g/mol. The number of nitrogens with one attached hydrogen (secondary N) is 2. The lowest BCUT2D eigenvalue weighted by Gasteiger charge is -2.34. The van der Waals surface area contributed by atoms with E-state index in [1.54, 1.807) is 7.11 Å². The molecule has 0 saturated carbocycles. The van der Waals surface area contributed by atoms with E-state index in [2.05, 4.69) is 47.0 Å². The lowest BCUT2D eigenvalue weighted by atomic mass is 9.91. The highest BCUT2D eigenvalue weighted by Crippen LogP contribution is 2.23. The van der Waals surface area contributed by atoms with Gasteiger partial charge in [-0.15, -0.1) is 0 Å². The van der Waals surface area contributed by atoms with Crippen molar-refractivity contribution in [3.8, 4) is 0 Å². The van der Waals surface area contributed by atoms with Crippen molar-refractivity contribution in [1.29, 1.82) is 0 Å². The Kier molecular flexibility index (Phi) is 4.94. The Labute approximate surface area is 137 Å². The number of piperidine rings is 1. The molecule has 2 aromatic carbocycles. The normalized spacial score (nSPS) is 17.1. The number of benzene rings is 2. The van der Waals surface area contributed by atoms with E-state index in [0.29, 0.717) is 6.54 Å². The second-order valence-corrected chi connectivity index (χ2v) is 6.09. The van der Waals surface area contributed by atoms with Gasteiger partial charge in [0.1, 0.15) is 5.60 Å². The van der Waals surface area contributed by atoms with Gasteiger partial charge in [-0.05, 0) is 48.7 Å². The molecular formula is C19H24N2O2. The molecule has 0 aliphatic carbocycles. The number of fused-ring (bicyclic) bond motifs is 1. The fraction of sp³-hybridized carbons (Fsp3) is 0.421. The molecule has 2 N–H and O–H groups in total. The summed E-state index contributed by atoms with van der Waals surface area (Å²) in [4.78, 5) is 12.5. The van der Waals surface area contributed by atoms with Crippen LogP contribution >= 0.6 is 0 Å². The van der Waals surface area contributed by atoms with Crippen molar-refractivity contribution in [3.05, 3.63) is 48.0 Å². The summed E-state index contributed by atoms with van der Waals surface area (Å²) in [6.07, 6.45) is 2.28. The minimum absolute atomic E-state index is 0.0155. The third kappa shape index (κ3) is 3.38. The van der Waals surface area contributed by atoms with Crippen LogP contribution in [0.5, 0.6) is 0 Å². The number of carbonyl (C=O) groups is 1. The zero-order valence-corrected chi connectivity index (χ0v) is 13.6. The smallest absolute Gasteiger partial charge is 0.252 e. The van der Waals surface area contributed by atoms with Crippen molar-refractivity contribution in [2.24, 2.45) is 0 Å². The molecule has 0 radical (unpaired) electrons. The van der Waals surface area contributed by atoms with E-state index in [1.165, 1.54) is 16.3 Å². The maximum Gasteiger partial charge on any atom is 0.252 e. The van der Waals surface area contributed by atoms with E-state index in [9.17, 15) is 4.79 Å². The Morgan fingerprint density at radius 1 is 1.17 bits per heavy atom. The van der Waals surface area contributed by atoms with Crippen LogP contribution < -0.4 is 10.6 Å². The highest BCUT2D eigenvalue weighted by molar-refractivity contribution is 5.86. The molecule has 1 heterocycles. The summed E-state index contributed by atoms with van der Waals surface area (Å²) < 4.78 is 5.56. The molecule has 1 fully saturated rings. The molecule has 122 valence electrons. The second-order valence-electron chi connectivity index (χ2n) is 6.09. The molecule has 23 heavy (non-hydrogen) atoms. The summed E-state index contributed by atoms with van der Waals surface area (Å²) in [6, 6.07) is 14.7. The minimum atomic E-state index is -0.663. The molecule has 0 atom stereocenters. The Balaban J connectivity index is 1.63. The Morgan fingerprint density at radius 2 is 1.91 bits per heavy atom. The van der Waals surface area contributed by atoms with Crippen LogP contribution in [0.2, 0.25) is 0 Å². The fourth-order valence-corrected chi connectivity index (χ4v) is 3.34. The van der Waals surface area contributed by atoms with Crippen molar-refractivity contribution >= 4 is 16.7 Å². The van der Waals surface area contributed by atoms with Crippen LogP contribution in [-0.2, 0) is 16.0 Å². The topological polar surface area (TPSA) is 50.4 Å². The fourth-order valence-electron chi connectivity index (χ4n) is 3.34. The van der Waals surface area contributed by atoms with E-state index in [4.69, 9.17) is 4.74 Å². The van der Waals surface area contributed by atoms with E-state index < -0.39 is 5.60 Å². The summed E-state index contributed by atoms with van der Waals surface area (Å²) in [5, 5.41) is 8.83. The van der Waals surface area contributed by atoms with Crippen LogP contribution in [0, 0.1) is 0 Å². The Bertz CT molecular complexity index is 673. The summed E-state index contributed by atoms with van der Waals surface area (Å²) in [6.45, 7) is 2.28. The first-order chi connectivity index (χ1) is 11.2. The molecule has 0 aromatic heterocycles. The van der Waals surface area contributed by atoms with Crippen molar-refractivity contribution in [2.75, 3.05) is 26.7 Å². The lowest BCUT2D eigenvalue weighted by molar-refractivity contribution is -0.146. The van der Waals surface area contributed by atoms with Gasteiger partial charge >= 0.3 is 0 Å². The molecule has 1 saturated heterocycles. The summed E-state index contributed by atoms with van der Waals surface area (Å²) in [5.41, 5.74) is 0.601. The van der Waals surface area contributed by atoms with Crippen molar-refractivity contribution in [3.63, 3.8) is 0 Å². The summed E-state index contributed by atoms with van der Waals surface area (Å²) >= 11 is 0. The van der Waals surface area contributed by atoms with E-state index in [1.807, 2.05) is 6.07 Å². The molecule has 3 rings (SSSR count). The molecular weight excluding hydrogens is 288 g/mol. The summed E-state index contributed by atoms with van der Waals surface area (Å²) in [7, 11) is 1.63. The van der Waals surface area contributed by atoms with Gasteiger partial charge in [-0.3, -0.25) is 4.79 Å². The van der Waals surface area contributed by atoms with Crippen LogP contribution in [0.25, 0.3) is 10.8 Å². The zero-order valence-electron chi connectivity index (χ0n) is 13.6. The highest BCUT2D eigenvalue weighted by Gasteiger charge is 2.39. The largest absolute Gasteiger partial charge is 0.368 e. The van der Waals surface area contributed by atoms with Crippen molar-refractivity contribution in [2.45, 2.75) is 24.9 Å². The van der Waals surface area contributed by atoms with E-state index in [0.717, 1.165) is 32.4 Å². The Morgan fingerprint density at radius 3 is 2.70 bits per heavy atom. The molecule has 1 amide bonds. The molecule has 0 spiro atoms. The first-order valence-corrected chi connectivity index (χ1v) is 8.26. The van der Waals surface area contributed by atoms with E-state index in [-0.39, 0.29) is 5.91 Å². The van der Waals surface area contributed by atoms with Gasteiger partial charge in [-0.25, -0.2) is 0 Å². The number of amides is 1. The second kappa shape index (κ2) is 7.11. The van der Waals surface area contributed by atoms with Crippen molar-refractivity contribution in [1.82, 2.24) is 10.6 Å². The van der Waals surface area contributed by atoms with Gasteiger partial charge < -0.3 is 15.4 Å². The van der Waals surface area contributed by atoms with Crippen LogP contribution in [0.3, 0.4) is 0 Å². The number of hydrogen-bond donors (Lipinski definition) is 2. The molecule has 0 unspecified atom stereocenters. The van der Waals surface area contributed by atoms with Crippen LogP contribution in [0.15, 0.2) is 42.5 Å². The first-order valence-electron chi connectivity index (χ1n) is 8.26. The van der Waals surface area contributed by atoms with Gasteiger partial charge in [-0.1, -0.05) is 42.5 Å². The van der Waals surface area contributed by atoms with Gasteiger partial charge in [-0.2, -0.15) is 0 Å². The van der Waals surface area contributed by atoms with Crippen molar-refractivity contribution < 1.29 is 9.53 Å². The van der Waals surface area contributed by atoms with Gasteiger partial charge in [0, 0.05) is 13.7 Å². The van der Waals surface area contributed by atoms with E-state index >= 15 is 0 Å². The summed E-state index contributed by atoms with van der Waals surface area (Å²) in [5.74, 6) is 0.0155. The lowest BCUT2D eigenvalue weighted by Crippen LogP contribution is -2.54. The Hall–Kier alpha value is -1.91. The van der Waals surface area contributed by atoms with Crippen LogP contribution in [-0.4, -0.2) is 38.3 Å². The van der Waals surface area contributed by atoms with Gasteiger partial charge in [0.05, 0.1) is 0 Å². The standard InChI is InChI=1S/C19H24N2O2/c1-23-19(10-13-20-14-11-19)18(22)21-12-9-16-7-4-6-15-5-2-3-8-17(15)16/h2-8,20H,9-14H2,1H3,(H,21,22). The SMILES string of the molecule is COC1(C(=O)NCCc2cccc3ccccc23)CCNCC1. The highest BCUT2D eigenvalue weighted by atomic mass is 16.5. The quantitative estimate of drug-likeness (QED) is 0.890. The average molecular weight is 312 g/mol. The third-order valence-electron chi connectivity index (χ3n) is 4.78. The number of carbonyl (C=O) groups excluding carboxylic acids is 1. The molecule has 1 aliphatic rings. The predicted molar refractivity (Wildman–Crippen MR) is 92.5 cm³/mol. The predicted octanol–water partition coefficient (Wildman–Crippen LogP) is 2.27. The number of methoxy groups -OCH3 is 1. The molecule has 2 aromatic rings. The van der Waals surface area contributed by atoms with Gasteiger partial charge in [0.25, 0.3) is 5.91 Å². The maximum atomic E-state index is 12.5. The molecule has 1 aliphatic heterocycles. The number of hydrogen-bond acceptors (Lipinski definition) is 3. The first kappa shape index (κ1) is 16.0. The van der Waals surface area contributed by atoms with Gasteiger partial charge in [0.15, 0.2) is 0 Å².